The predicted molar refractivity (Wildman–Crippen MR) is 438 cm³/mol. The topological polar surface area (TPSA) is 1050 Å². The van der Waals surface area contributed by atoms with E-state index in [1.807, 2.05) is 0 Å². The average Bonchev–Trinajstić information content (AvgIpc) is 0.747. The summed E-state index contributed by atoms with van der Waals surface area (Å²) in [7, 11) is -5.65. The number of phosphoric acid groups is 1. The zero-order valence-corrected chi connectivity index (χ0v) is 77.4. The van der Waals surface area contributed by atoms with Gasteiger partial charge in [0.25, 0.3) is 11.6 Å². The summed E-state index contributed by atoms with van der Waals surface area (Å²) in [5.41, 5.74) is 5.51. The standard InChI is InChI=1S/C77H129N4O62P/c1-19(92)79-35-23(96)8-77(75(117)118,141-59(35)38(101)25(98)9-82)142-61-41(104)30(14-87)126-71(50(61)113)132-56-32(16-89)128-66(37(43(56)106)81-21(3)94)135-60-40(103)29(13-86)125-70(49(60)112)133-57-33(17-90)129-69(47(110)45(57)108)138-64-53(26(99)10-83)131-72(130-52-24(97)7-76(119,74(115)116)140-54(52)27(100)11-84)51(114)63(64)137-73-65(139-67-36(80-20(2)93)42(105)55(123-22(4)95)31(15-88)127-67)62(136-68-46(109)44(107)39(102)28(12-85)124-68)48(111)58(134-73)34(18-91)143-144(120,121)122-6-5-78/h23-73,82-91,96-114,119H,5-18,78H2,1-4H3,(H,79,92)(H,80,93)(H,81,94)(H,115,116)(H,117,118)(H,120,121)/t23-,24+,25+,26-,27+,28+,29+,30+,31+,32+,33+,34-,35+,36+,37+,38+,39+,40-,41-,42+,43+,44-,45+,46+,47+,48+,49+,50+,51-,52+,53+,54+,55+,56+,57+,58+,59+,60-,61-,62-,63+,64+,65-,66-,67+,68+,69-,70-,71-,72-,73+,76+,77-/m0/s1. The molecule has 10 fully saturated rings. The quantitative estimate of drug-likeness (QED) is 0.0199. The molecule has 0 spiro atoms. The molecule has 0 aromatic rings. The summed E-state index contributed by atoms with van der Waals surface area (Å²) in [6.45, 7) is -11.6. The summed E-state index contributed by atoms with van der Waals surface area (Å²) < 4.78 is 143. The van der Waals surface area contributed by atoms with Crippen LogP contribution in [0, 0.1) is 0 Å². The fourth-order valence-corrected chi connectivity index (χ4v) is 18.9. The molecule has 66 nitrogen and oxygen atoms in total. The maximum Gasteiger partial charge on any atom is 0.472 e. The van der Waals surface area contributed by atoms with Gasteiger partial charge < -0.3 is 285 Å². The van der Waals surface area contributed by atoms with Crippen molar-refractivity contribution in [2.24, 2.45) is 5.73 Å². The summed E-state index contributed by atoms with van der Waals surface area (Å²) in [4.78, 5) is 88.0. The monoisotopic (exact) mass is 2130 g/mol. The third kappa shape index (κ3) is 27.0. The Morgan fingerprint density at radius 1 is 0.375 bits per heavy atom. The highest BCUT2D eigenvalue weighted by molar-refractivity contribution is 7.47. The number of aliphatic carboxylic acids is 2. The van der Waals surface area contributed by atoms with E-state index in [4.69, 9.17) is 110 Å². The number of aliphatic hydroxyl groups excluding tert-OH is 29. The van der Waals surface area contributed by atoms with Gasteiger partial charge in [-0.05, 0) is 0 Å². The lowest BCUT2D eigenvalue weighted by Crippen LogP contribution is -2.72. The van der Waals surface area contributed by atoms with Gasteiger partial charge >= 0.3 is 25.7 Å². The normalized spacial score (nSPS) is 45.5. The molecule has 0 bridgehead atoms. The van der Waals surface area contributed by atoms with Crippen LogP contribution < -0.4 is 21.7 Å². The van der Waals surface area contributed by atoms with Crippen molar-refractivity contribution in [1.82, 2.24) is 16.0 Å². The fraction of sp³-hybridized carbons (Fsp3) is 0.922. The van der Waals surface area contributed by atoms with Gasteiger partial charge in [0.15, 0.2) is 56.4 Å². The molecule has 10 rings (SSSR count). The highest BCUT2D eigenvalue weighted by Gasteiger charge is 2.67. The number of nitrogens with two attached hydrogens (primary N) is 1. The maximum atomic E-state index is 13.7. The van der Waals surface area contributed by atoms with Crippen LogP contribution in [0.15, 0.2) is 0 Å². The number of nitrogens with one attached hydrogen (secondary N) is 3. The predicted octanol–water partition coefficient (Wildman–Crippen LogP) is -23.9. The molecule has 10 saturated heterocycles. The lowest BCUT2D eigenvalue weighted by molar-refractivity contribution is -0.421. The number of rotatable bonds is 44. The van der Waals surface area contributed by atoms with Crippen molar-refractivity contribution in [2.75, 3.05) is 79.2 Å². The first-order valence-electron chi connectivity index (χ1n) is 44.8. The molecule has 1 unspecified atom stereocenters. The van der Waals surface area contributed by atoms with Crippen LogP contribution in [0.5, 0.6) is 0 Å². The van der Waals surface area contributed by atoms with E-state index in [1.54, 1.807) is 0 Å². The lowest BCUT2D eigenvalue weighted by atomic mass is 9.88. The van der Waals surface area contributed by atoms with Gasteiger partial charge in [0, 0.05) is 47.1 Å². The van der Waals surface area contributed by atoms with Crippen LogP contribution in [0.1, 0.15) is 40.5 Å². The summed E-state index contributed by atoms with van der Waals surface area (Å²) >= 11 is 0. The molecule has 10 aliphatic rings. The molecule has 54 atom stereocenters. The molecule has 0 radical (unpaired) electrons. The second-order valence-electron chi connectivity index (χ2n) is 35.3. The van der Waals surface area contributed by atoms with Gasteiger partial charge in [-0.25, -0.2) is 14.2 Å². The first-order chi connectivity index (χ1) is 67.8. The van der Waals surface area contributed by atoms with Gasteiger partial charge in [0.05, 0.1) is 90.9 Å². The largest absolute Gasteiger partial charge is 0.477 e. The van der Waals surface area contributed by atoms with Crippen molar-refractivity contribution in [3.05, 3.63) is 0 Å². The highest BCUT2D eigenvalue weighted by Crippen LogP contribution is 2.49. The Bertz CT molecular complexity index is 4120. The van der Waals surface area contributed by atoms with Crippen molar-refractivity contribution < 1.29 is 305 Å². The van der Waals surface area contributed by atoms with E-state index in [0.29, 0.717) is 0 Å². The van der Waals surface area contributed by atoms with Crippen molar-refractivity contribution in [2.45, 2.75) is 365 Å². The molecule has 0 aromatic carbocycles. The van der Waals surface area contributed by atoms with Crippen LogP contribution in [-0.4, -0.2) is 607 Å². The van der Waals surface area contributed by atoms with Gasteiger partial charge in [-0.3, -0.25) is 28.2 Å². The Labute approximate surface area is 812 Å². The van der Waals surface area contributed by atoms with E-state index in [0.717, 1.165) is 27.7 Å². The van der Waals surface area contributed by atoms with Gasteiger partial charge in [-0.1, -0.05) is 0 Å². The van der Waals surface area contributed by atoms with Gasteiger partial charge in [-0.2, -0.15) is 0 Å². The second-order valence-corrected chi connectivity index (χ2v) is 36.7. The van der Waals surface area contributed by atoms with Crippen LogP contribution in [0.4, 0.5) is 0 Å². The van der Waals surface area contributed by atoms with Crippen LogP contribution in [-0.2, 0) is 137 Å². The summed E-state index contributed by atoms with van der Waals surface area (Å²) in [6.07, 6.45) is -121. The molecular formula is C77H129N4O62P. The Hall–Kier alpha value is -5.07. The van der Waals surface area contributed by atoms with Crippen molar-refractivity contribution in [3.63, 3.8) is 0 Å². The van der Waals surface area contributed by atoms with Crippen LogP contribution in [0.2, 0.25) is 0 Å². The zero-order chi connectivity index (χ0) is 107. The van der Waals surface area contributed by atoms with E-state index < -0.39 is 460 Å². The molecule has 3 amide bonds. The van der Waals surface area contributed by atoms with Gasteiger partial charge in [0.1, 0.15) is 238 Å². The molecule has 0 aromatic heterocycles. The number of esters is 1. The molecule has 0 aliphatic carbocycles. The Morgan fingerprint density at radius 3 is 1.27 bits per heavy atom. The Morgan fingerprint density at radius 2 is 0.778 bits per heavy atom. The smallest absolute Gasteiger partial charge is 0.472 e. The number of hydrogen-bond donors (Lipinski definition) is 37. The first-order valence-corrected chi connectivity index (χ1v) is 46.3. The van der Waals surface area contributed by atoms with Gasteiger partial charge in [-0.15, -0.1) is 0 Å². The minimum Gasteiger partial charge on any atom is -0.477 e. The van der Waals surface area contributed by atoms with E-state index in [1.165, 1.54) is 0 Å². The highest BCUT2D eigenvalue weighted by atomic mass is 31.2. The Balaban J connectivity index is 1.01. The van der Waals surface area contributed by atoms with E-state index in [9.17, 15) is 202 Å². The second kappa shape index (κ2) is 52.0. The Kier molecular flexibility index (Phi) is 43.6. The SMILES string of the molecule is CC(=O)N[C@H]1[C@@H](O[C@@H]2[C@@H](O[C@@H]3[C@H](O)[C@@H](O[C@H]4[C@@H]([C@H](O)CO)O[C@@](O)(C(=O)O)C[C@H]4O)O[C@H]([C@@H](O)CO)[C@H]3O[C@@H]3O[C@H](CO)[C@@H](O[C@@H]4O[C@H](CO)[C@H](O)[C@H](O[C@@H]5O[C@H](CO)[C@@H](O[C@@H]6O[C@H](CO)[C@H](O)[C@H](O[C@]7(C(=O)O)C[C@H](O)[C@@H](NC(C)=O)[C@H]([C@H](O)[C@H](O)CO)O7)[C@H]6O)[C@H](O)[C@H]5NC(C)=O)[C@H]4O)[C@H](O)[C@H]3O)O[C@H]([C@H](CO)OP(=O)(O)OCCN)[C@@H](O)[C@@H]2O[C@H]2O[C@H](CO)[C@@H](O)[C@H](O)[C@H]2O)O[C@H](CO)[C@@H](OC(C)=O)[C@@H]1O. The maximum absolute atomic E-state index is 13.7. The molecule has 0 saturated carbocycles. The summed E-state index contributed by atoms with van der Waals surface area (Å²) in [5.74, 6) is -15.4. The number of aliphatic hydroxyl groups is 30. The van der Waals surface area contributed by atoms with Gasteiger partial charge in [0.2, 0.25) is 17.7 Å². The van der Waals surface area contributed by atoms with Crippen molar-refractivity contribution in [1.29, 1.82) is 0 Å². The zero-order valence-electron chi connectivity index (χ0n) is 76.5. The fourth-order valence-electron chi connectivity index (χ4n) is 18.0. The van der Waals surface area contributed by atoms with Crippen LogP contribution in [0.3, 0.4) is 0 Å². The third-order valence-corrected chi connectivity index (χ3v) is 26.2. The molecule has 144 heavy (non-hydrogen) atoms. The molecule has 10 aliphatic heterocycles. The van der Waals surface area contributed by atoms with E-state index in [2.05, 4.69) is 16.0 Å². The molecule has 67 heteroatoms. The number of carbonyl (C=O) groups is 6. The number of hydrogen-bond acceptors (Lipinski definition) is 60. The molecule has 10 heterocycles. The van der Waals surface area contributed by atoms with Crippen LogP contribution in [0.25, 0.3) is 0 Å². The van der Waals surface area contributed by atoms with Crippen molar-refractivity contribution >= 4 is 43.5 Å². The summed E-state index contributed by atoms with van der Waals surface area (Å²) in [6, 6.07) is -6.06. The average molecular weight is 2130 g/mol. The minimum atomic E-state index is -5.65. The number of carboxylic acid groups (broad SMARTS) is 2. The van der Waals surface area contributed by atoms with E-state index in [-0.39, 0.29) is 0 Å². The first kappa shape index (κ1) is 121. The van der Waals surface area contributed by atoms with E-state index >= 15 is 0 Å². The lowest BCUT2D eigenvalue weighted by Gasteiger charge is -2.53. The minimum absolute atomic E-state index is 0.520. The molecule has 38 N–H and O–H groups in total. The van der Waals surface area contributed by atoms with Crippen LogP contribution >= 0.6 is 7.82 Å². The number of carboxylic acids is 2. The number of carbonyl (C=O) groups excluding carboxylic acids is 4. The summed E-state index contributed by atoms with van der Waals surface area (Å²) in [5, 5.41) is 370. The molecule has 834 valence electrons. The molecular weight excluding hydrogens is 2000 g/mol. The number of amides is 3. The third-order valence-electron chi connectivity index (χ3n) is 25.2. The number of phosphoric ester groups is 1. The number of ether oxygens (including phenoxy) is 20. The van der Waals surface area contributed by atoms with Crippen molar-refractivity contribution in [3.8, 4) is 0 Å².